The number of nitriles is 1. The van der Waals surface area contributed by atoms with Crippen LogP contribution in [0.5, 0.6) is 0 Å². The molecule has 2 rings (SSSR count). The monoisotopic (exact) mass is 261 g/mol. The highest BCUT2D eigenvalue weighted by atomic mass is 32.2. The highest BCUT2D eigenvalue weighted by Crippen LogP contribution is 2.28. The molecule has 1 aromatic carbocycles. The number of anilines is 1. The van der Waals surface area contributed by atoms with Crippen molar-refractivity contribution in [2.75, 3.05) is 43.9 Å². The molecule has 1 fully saturated rings. The minimum Gasteiger partial charge on any atom is -0.368 e. The van der Waals surface area contributed by atoms with E-state index in [0.717, 1.165) is 32.7 Å². The predicted molar refractivity (Wildman–Crippen MR) is 77.1 cm³/mol. The van der Waals surface area contributed by atoms with E-state index in [1.165, 1.54) is 10.6 Å². The third-order valence-electron chi connectivity index (χ3n) is 3.34. The van der Waals surface area contributed by atoms with E-state index in [0.29, 0.717) is 6.42 Å². The summed E-state index contributed by atoms with van der Waals surface area (Å²) in [6.45, 7) is 5.15. The van der Waals surface area contributed by atoms with Gasteiger partial charge in [-0.1, -0.05) is 12.1 Å². The zero-order valence-electron chi connectivity index (χ0n) is 10.8. The number of piperazine rings is 1. The molecule has 0 radical (unpaired) electrons. The first-order valence-electron chi connectivity index (χ1n) is 6.32. The van der Waals surface area contributed by atoms with E-state index in [1.807, 2.05) is 0 Å². The van der Waals surface area contributed by atoms with Crippen LogP contribution < -0.4 is 4.90 Å². The lowest BCUT2D eigenvalue weighted by atomic mass is 10.2. The molecule has 0 unspecified atom stereocenters. The minimum atomic E-state index is 0.640. The van der Waals surface area contributed by atoms with Crippen LogP contribution in [0.25, 0.3) is 0 Å². The molecule has 0 saturated carbocycles. The van der Waals surface area contributed by atoms with E-state index < -0.39 is 0 Å². The Morgan fingerprint density at radius 1 is 1.22 bits per heavy atom. The Hall–Kier alpha value is -1.18. The number of para-hydroxylation sites is 1. The van der Waals surface area contributed by atoms with Crippen molar-refractivity contribution in [1.29, 1.82) is 5.26 Å². The van der Waals surface area contributed by atoms with Gasteiger partial charge in [-0.15, -0.1) is 11.8 Å². The molecule has 1 heterocycles. The molecule has 1 aliphatic heterocycles. The molecule has 0 aliphatic carbocycles. The maximum absolute atomic E-state index is 8.61. The molecule has 96 valence electrons. The van der Waals surface area contributed by atoms with Crippen molar-refractivity contribution in [3.8, 4) is 6.07 Å². The van der Waals surface area contributed by atoms with Gasteiger partial charge in [-0.3, -0.25) is 4.90 Å². The first kappa shape index (κ1) is 13.3. The molecule has 0 spiro atoms. The first-order valence-corrected chi connectivity index (χ1v) is 7.55. The van der Waals surface area contributed by atoms with Gasteiger partial charge in [0.1, 0.15) is 0 Å². The second-order valence-corrected chi connectivity index (χ2v) is 5.26. The number of nitrogens with zero attached hydrogens (tertiary/aromatic N) is 3. The van der Waals surface area contributed by atoms with Crippen LogP contribution in [0, 0.1) is 11.3 Å². The average Bonchev–Trinajstić information content (AvgIpc) is 2.45. The lowest BCUT2D eigenvalue weighted by Gasteiger charge is -2.36. The van der Waals surface area contributed by atoms with Crippen LogP contribution in [-0.4, -0.2) is 43.9 Å². The van der Waals surface area contributed by atoms with E-state index in [9.17, 15) is 0 Å². The summed E-state index contributed by atoms with van der Waals surface area (Å²) in [5, 5.41) is 8.61. The average molecular weight is 261 g/mol. The van der Waals surface area contributed by atoms with Gasteiger partial charge in [0.25, 0.3) is 0 Å². The Morgan fingerprint density at radius 3 is 2.61 bits per heavy atom. The first-order chi connectivity index (χ1) is 8.85. The molecule has 1 aliphatic rings. The van der Waals surface area contributed by atoms with Gasteiger partial charge in [-0.05, 0) is 18.4 Å². The smallest absolute Gasteiger partial charge is 0.0635 e. The number of thioether (sulfide) groups is 1. The molecule has 0 aromatic heterocycles. The zero-order valence-corrected chi connectivity index (χ0v) is 11.6. The Bertz CT molecular complexity index is 419. The topological polar surface area (TPSA) is 30.3 Å². The van der Waals surface area contributed by atoms with Gasteiger partial charge in [0, 0.05) is 44.0 Å². The number of benzene rings is 1. The molecule has 4 heteroatoms. The summed E-state index contributed by atoms with van der Waals surface area (Å²) in [7, 11) is 0. The summed E-state index contributed by atoms with van der Waals surface area (Å²) in [4.78, 5) is 6.18. The maximum Gasteiger partial charge on any atom is 0.0635 e. The van der Waals surface area contributed by atoms with Crippen molar-refractivity contribution >= 4 is 17.4 Å². The van der Waals surface area contributed by atoms with Crippen LogP contribution in [0.1, 0.15) is 6.42 Å². The predicted octanol–water partition coefficient (Wildman–Crippen LogP) is 2.44. The van der Waals surface area contributed by atoms with Crippen molar-refractivity contribution in [3.05, 3.63) is 24.3 Å². The SMILES string of the molecule is CSc1ccccc1N1CCN(CCC#N)CC1. The van der Waals surface area contributed by atoms with Gasteiger partial charge in [-0.2, -0.15) is 5.26 Å². The molecule has 18 heavy (non-hydrogen) atoms. The summed E-state index contributed by atoms with van der Waals surface area (Å²) >= 11 is 1.81. The molecule has 0 bridgehead atoms. The van der Waals surface area contributed by atoms with Gasteiger partial charge in [0.05, 0.1) is 11.8 Å². The van der Waals surface area contributed by atoms with Gasteiger partial charge >= 0.3 is 0 Å². The Morgan fingerprint density at radius 2 is 1.94 bits per heavy atom. The Kier molecular flexibility index (Phi) is 4.91. The van der Waals surface area contributed by atoms with Gasteiger partial charge in [0.15, 0.2) is 0 Å². The van der Waals surface area contributed by atoms with Gasteiger partial charge in [0.2, 0.25) is 0 Å². The second-order valence-electron chi connectivity index (χ2n) is 4.41. The third kappa shape index (κ3) is 3.18. The van der Waals surface area contributed by atoms with E-state index in [-0.39, 0.29) is 0 Å². The van der Waals surface area contributed by atoms with E-state index in [2.05, 4.69) is 46.4 Å². The summed E-state index contributed by atoms with van der Waals surface area (Å²) in [5.74, 6) is 0. The largest absolute Gasteiger partial charge is 0.368 e. The highest BCUT2D eigenvalue weighted by Gasteiger charge is 2.18. The van der Waals surface area contributed by atoms with Crippen molar-refractivity contribution in [2.45, 2.75) is 11.3 Å². The summed E-state index contributed by atoms with van der Waals surface area (Å²) in [5.41, 5.74) is 1.35. The van der Waals surface area contributed by atoms with Gasteiger partial charge < -0.3 is 4.90 Å². The lowest BCUT2D eigenvalue weighted by molar-refractivity contribution is 0.263. The second kappa shape index (κ2) is 6.67. The molecule has 3 nitrogen and oxygen atoms in total. The molecule has 1 aromatic rings. The van der Waals surface area contributed by atoms with Crippen LogP contribution in [0.3, 0.4) is 0 Å². The van der Waals surface area contributed by atoms with Crippen molar-refractivity contribution < 1.29 is 0 Å². The summed E-state index contributed by atoms with van der Waals surface area (Å²) < 4.78 is 0. The van der Waals surface area contributed by atoms with Crippen molar-refractivity contribution in [2.24, 2.45) is 0 Å². The van der Waals surface area contributed by atoms with Crippen LogP contribution in [0.4, 0.5) is 5.69 Å². The van der Waals surface area contributed by atoms with Crippen LogP contribution in [-0.2, 0) is 0 Å². The molecule has 0 N–H and O–H groups in total. The minimum absolute atomic E-state index is 0.640. The van der Waals surface area contributed by atoms with Crippen LogP contribution in [0.15, 0.2) is 29.2 Å². The fraction of sp³-hybridized carbons (Fsp3) is 0.500. The number of hydrogen-bond donors (Lipinski definition) is 0. The van der Waals surface area contributed by atoms with Crippen molar-refractivity contribution in [3.63, 3.8) is 0 Å². The molecule has 0 atom stereocenters. The van der Waals surface area contributed by atoms with Crippen LogP contribution >= 0.6 is 11.8 Å². The molecule has 0 amide bonds. The fourth-order valence-electron chi connectivity index (χ4n) is 2.31. The Labute approximate surface area is 113 Å². The van der Waals surface area contributed by atoms with E-state index >= 15 is 0 Å². The normalized spacial score (nSPS) is 16.6. The number of rotatable bonds is 4. The maximum atomic E-state index is 8.61. The van der Waals surface area contributed by atoms with Crippen LogP contribution in [0.2, 0.25) is 0 Å². The van der Waals surface area contributed by atoms with Crippen molar-refractivity contribution in [1.82, 2.24) is 4.90 Å². The summed E-state index contributed by atoms with van der Waals surface area (Å²) in [6.07, 6.45) is 2.77. The number of hydrogen-bond acceptors (Lipinski definition) is 4. The highest BCUT2D eigenvalue weighted by molar-refractivity contribution is 7.98. The third-order valence-corrected chi connectivity index (χ3v) is 4.12. The fourth-order valence-corrected chi connectivity index (χ4v) is 2.93. The Balaban J connectivity index is 1.95. The quantitative estimate of drug-likeness (QED) is 0.779. The zero-order chi connectivity index (χ0) is 12.8. The standard InChI is InChI=1S/C14H19N3S/c1-18-14-6-3-2-5-13(14)17-11-9-16(10-12-17)8-4-7-15/h2-3,5-6H,4,8-12H2,1H3. The van der Waals surface area contributed by atoms with Gasteiger partial charge in [-0.25, -0.2) is 0 Å². The molecule has 1 saturated heterocycles. The van der Waals surface area contributed by atoms with E-state index in [4.69, 9.17) is 5.26 Å². The summed E-state index contributed by atoms with van der Waals surface area (Å²) in [6, 6.07) is 10.8. The van der Waals surface area contributed by atoms with E-state index in [1.54, 1.807) is 11.8 Å². The molecular weight excluding hydrogens is 242 g/mol. The lowest BCUT2D eigenvalue weighted by Crippen LogP contribution is -2.46. The molecular formula is C14H19N3S.